The van der Waals surface area contributed by atoms with E-state index in [-0.39, 0.29) is 30.1 Å². The van der Waals surface area contributed by atoms with Gasteiger partial charge in [-0.1, -0.05) is 11.6 Å². The number of carbonyl (C=O) groups excluding carboxylic acids is 1. The summed E-state index contributed by atoms with van der Waals surface area (Å²) in [4.78, 5) is 23.1. The van der Waals surface area contributed by atoms with E-state index in [4.69, 9.17) is 18.9 Å². The largest absolute Gasteiger partial charge is 0.493 e. The molecule has 4 heterocycles. The van der Waals surface area contributed by atoms with Crippen LogP contribution in [0, 0.1) is 11.2 Å². The van der Waals surface area contributed by atoms with Gasteiger partial charge >= 0.3 is 0 Å². The van der Waals surface area contributed by atoms with Crippen molar-refractivity contribution in [2.45, 2.75) is 19.8 Å². The zero-order valence-electron chi connectivity index (χ0n) is 20.2. The molecule has 186 valence electrons. The number of methoxy groups -OCH3 is 1. The Hall–Kier alpha value is -3.72. The molecular formula is C27H26FN3O5. The van der Waals surface area contributed by atoms with Crippen molar-refractivity contribution in [2.24, 2.45) is 5.41 Å². The summed E-state index contributed by atoms with van der Waals surface area (Å²) >= 11 is 0. The third kappa shape index (κ3) is 3.93. The quantitative estimate of drug-likeness (QED) is 0.491. The number of aromatic nitrogens is 2. The van der Waals surface area contributed by atoms with Gasteiger partial charge in [0.1, 0.15) is 5.75 Å². The molecule has 0 radical (unpaired) electrons. The van der Waals surface area contributed by atoms with Crippen LogP contribution in [0.15, 0.2) is 36.2 Å². The van der Waals surface area contributed by atoms with Crippen LogP contribution in [-0.4, -0.2) is 60.8 Å². The molecule has 2 aliphatic heterocycles. The number of likely N-dealkylation sites (tertiary alicyclic amines) is 1. The Morgan fingerprint density at radius 2 is 2.00 bits per heavy atom. The lowest BCUT2D eigenvalue weighted by Gasteiger charge is -2.55. The van der Waals surface area contributed by atoms with Crippen molar-refractivity contribution in [1.29, 1.82) is 0 Å². The van der Waals surface area contributed by atoms with Crippen molar-refractivity contribution in [2.75, 3.05) is 40.0 Å². The van der Waals surface area contributed by atoms with Gasteiger partial charge in [0.2, 0.25) is 5.91 Å². The topological polar surface area (TPSA) is 83.0 Å². The van der Waals surface area contributed by atoms with Crippen LogP contribution >= 0.6 is 0 Å². The molecule has 3 aliphatic rings. The Balaban J connectivity index is 1.18. The summed E-state index contributed by atoms with van der Waals surface area (Å²) in [5.41, 5.74) is 3.03. The molecular weight excluding hydrogens is 465 g/mol. The van der Waals surface area contributed by atoms with Crippen LogP contribution in [0.25, 0.3) is 17.0 Å². The highest BCUT2D eigenvalue weighted by Gasteiger charge is 2.50. The molecule has 0 saturated carbocycles. The second-order valence-electron chi connectivity index (χ2n) is 9.74. The number of halogens is 1. The monoisotopic (exact) mass is 491 g/mol. The van der Waals surface area contributed by atoms with Crippen molar-refractivity contribution in [3.05, 3.63) is 53.2 Å². The molecule has 3 aromatic rings. The third-order valence-corrected chi connectivity index (χ3v) is 6.94. The molecule has 0 bridgehead atoms. The van der Waals surface area contributed by atoms with Gasteiger partial charge < -0.3 is 23.8 Å². The lowest BCUT2D eigenvalue weighted by Crippen LogP contribution is -2.67. The Bertz CT molecular complexity index is 1390. The average Bonchev–Trinajstić information content (AvgIpc) is 3.20. The molecule has 2 aromatic heterocycles. The van der Waals surface area contributed by atoms with Crippen LogP contribution in [0.2, 0.25) is 0 Å². The Kier molecular flexibility index (Phi) is 5.52. The number of fused-ring (bicyclic) bond motifs is 2. The van der Waals surface area contributed by atoms with Crippen LogP contribution in [0.5, 0.6) is 23.0 Å². The van der Waals surface area contributed by atoms with Gasteiger partial charge in [-0.05, 0) is 19.1 Å². The molecule has 1 spiro atoms. The Morgan fingerprint density at radius 1 is 1.17 bits per heavy atom. The number of hydrogen-bond acceptors (Lipinski definition) is 7. The Labute approximate surface area is 207 Å². The lowest BCUT2D eigenvalue weighted by molar-refractivity contribution is -0.195. The second kappa shape index (κ2) is 8.74. The van der Waals surface area contributed by atoms with E-state index in [0.717, 1.165) is 31.9 Å². The molecule has 9 heteroatoms. The fraction of sp³-hybridized carbons (Fsp3) is 0.370. The predicted octanol–water partition coefficient (Wildman–Crippen LogP) is 4.16. The fourth-order valence-corrected chi connectivity index (χ4v) is 4.97. The summed E-state index contributed by atoms with van der Waals surface area (Å²) in [6.07, 6.45) is 5.71. The predicted molar refractivity (Wildman–Crippen MR) is 130 cm³/mol. The van der Waals surface area contributed by atoms with Crippen molar-refractivity contribution >= 4 is 22.9 Å². The van der Waals surface area contributed by atoms with E-state index in [1.165, 1.54) is 13.3 Å². The maximum Gasteiger partial charge on any atom is 0.226 e. The van der Waals surface area contributed by atoms with Gasteiger partial charge in [-0.25, -0.2) is 4.39 Å². The van der Waals surface area contributed by atoms with Crippen molar-refractivity contribution < 1.29 is 28.1 Å². The first-order valence-electron chi connectivity index (χ1n) is 11.9. The third-order valence-electron chi connectivity index (χ3n) is 6.94. The minimum absolute atomic E-state index is 0.0474. The van der Waals surface area contributed by atoms with Crippen LogP contribution in [0.1, 0.15) is 24.6 Å². The van der Waals surface area contributed by atoms with Gasteiger partial charge in [0.05, 0.1) is 56.2 Å². The lowest BCUT2D eigenvalue weighted by atomic mass is 9.78. The molecule has 0 N–H and O–H groups in total. The number of amides is 1. The standard InChI is InChI=1S/C27H26FN3O5/c1-16-7-18-19(8-16)30-11-24(26(18)28)36-21-3-5-29-20-10-23(22(33-2)9-17(20)21)35-6-4-25(32)31-12-27(13-31)14-34-15-27/h3,5,7,9-11H,4,6,8,12-15H2,1-2H3. The molecule has 2 fully saturated rings. The summed E-state index contributed by atoms with van der Waals surface area (Å²) in [6, 6.07) is 5.15. The number of rotatable bonds is 7. The molecule has 36 heavy (non-hydrogen) atoms. The number of ether oxygens (including phenoxy) is 4. The van der Waals surface area contributed by atoms with E-state index in [0.29, 0.717) is 45.8 Å². The molecule has 0 unspecified atom stereocenters. The SMILES string of the molecule is COc1cc2c(Oc3cnc4c(c3F)C=C(C)C4)ccnc2cc1OCCC(=O)N1CC2(COC2)C1. The molecule has 0 atom stereocenters. The van der Waals surface area contributed by atoms with Crippen LogP contribution in [0.3, 0.4) is 0 Å². The molecule has 1 aliphatic carbocycles. The first-order valence-corrected chi connectivity index (χ1v) is 11.9. The summed E-state index contributed by atoms with van der Waals surface area (Å²) in [7, 11) is 1.54. The van der Waals surface area contributed by atoms with Gasteiger partial charge in [0, 0.05) is 42.7 Å². The number of hydrogen-bond donors (Lipinski definition) is 0. The van der Waals surface area contributed by atoms with Gasteiger partial charge in [-0.15, -0.1) is 0 Å². The van der Waals surface area contributed by atoms with Gasteiger partial charge in [-0.2, -0.15) is 0 Å². The van der Waals surface area contributed by atoms with E-state index in [2.05, 4.69) is 9.97 Å². The van der Waals surface area contributed by atoms with Gasteiger partial charge in [0.15, 0.2) is 23.1 Å². The van der Waals surface area contributed by atoms with Crippen LogP contribution in [-0.2, 0) is 16.0 Å². The van der Waals surface area contributed by atoms with Gasteiger partial charge in [-0.3, -0.25) is 14.8 Å². The molecule has 8 nitrogen and oxygen atoms in total. The summed E-state index contributed by atoms with van der Waals surface area (Å²) in [6.45, 7) is 5.17. The fourth-order valence-electron chi connectivity index (χ4n) is 4.97. The van der Waals surface area contributed by atoms with E-state index >= 15 is 4.39 Å². The second-order valence-corrected chi connectivity index (χ2v) is 9.74. The van der Waals surface area contributed by atoms with Crippen molar-refractivity contribution in [1.82, 2.24) is 14.9 Å². The molecule has 1 amide bonds. The maximum atomic E-state index is 15.1. The average molecular weight is 492 g/mol. The Morgan fingerprint density at radius 3 is 2.75 bits per heavy atom. The minimum Gasteiger partial charge on any atom is -0.493 e. The van der Waals surface area contributed by atoms with Crippen molar-refractivity contribution in [3.63, 3.8) is 0 Å². The number of allylic oxidation sites excluding steroid dienone is 1. The number of nitrogens with zero attached hydrogens (tertiary/aromatic N) is 3. The highest BCUT2D eigenvalue weighted by Crippen LogP contribution is 2.40. The number of benzene rings is 1. The summed E-state index contributed by atoms with van der Waals surface area (Å²) in [5.74, 6) is 1.04. The molecule has 2 saturated heterocycles. The first-order chi connectivity index (χ1) is 17.4. The summed E-state index contributed by atoms with van der Waals surface area (Å²) < 4.78 is 37.7. The number of pyridine rings is 2. The molecule has 6 rings (SSSR count). The smallest absolute Gasteiger partial charge is 0.226 e. The van der Waals surface area contributed by atoms with E-state index < -0.39 is 5.82 Å². The van der Waals surface area contributed by atoms with Crippen LogP contribution in [0.4, 0.5) is 4.39 Å². The van der Waals surface area contributed by atoms with Crippen LogP contribution < -0.4 is 14.2 Å². The summed E-state index contributed by atoms with van der Waals surface area (Å²) in [5, 5.41) is 0.637. The zero-order chi connectivity index (χ0) is 24.9. The van der Waals surface area contributed by atoms with Gasteiger partial charge in [0.25, 0.3) is 0 Å². The van der Waals surface area contributed by atoms with E-state index in [1.54, 1.807) is 30.5 Å². The highest BCUT2D eigenvalue weighted by molar-refractivity contribution is 5.88. The minimum atomic E-state index is -0.434. The molecule has 1 aromatic carbocycles. The normalized spacial score (nSPS) is 17.3. The van der Waals surface area contributed by atoms with E-state index in [9.17, 15) is 4.79 Å². The first kappa shape index (κ1) is 22.7. The number of carbonyl (C=O) groups is 1. The maximum absolute atomic E-state index is 15.1. The highest BCUT2D eigenvalue weighted by atomic mass is 19.1. The zero-order valence-corrected chi connectivity index (χ0v) is 20.2. The van der Waals surface area contributed by atoms with Crippen molar-refractivity contribution in [3.8, 4) is 23.0 Å². The van der Waals surface area contributed by atoms with E-state index in [1.807, 2.05) is 11.8 Å².